The lowest BCUT2D eigenvalue weighted by Gasteiger charge is -2.23. The first-order chi connectivity index (χ1) is 16.7. The highest BCUT2D eigenvalue weighted by Crippen LogP contribution is 2.10. The van der Waals surface area contributed by atoms with Gasteiger partial charge in [-0.25, -0.2) is 9.59 Å². The predicted molar refractivity (Wildman–Crippen MR) is 133 cm³/mol. The molecule has 35 heavy (non-hydrogen) atoms. The van der Waals surface area contributed by atoms with E-state index in [9.17, 15) is 19.2 Å². The maximum atomic E-state index is 12.7. The molecule has 4 amide bonds. The molecule has 5 N–H and O–H groups in total. The van der Waals surface area contributed by atoms with Gasteiger partial charge in [0.25, 0.3) is 0 Å². The molecule has 1 aromatic rings. The number of ether oxygens (including phenoxy) is 1. The third-order valence-corrected chi connectivity index (χ3v) is 5.96. The molecule has 1 rings (SSSR count). The first kappa shape index (κ1) is 29.7. The maximum absolute atomic E-state index is 12.7. The average molecular weight is 493 g/mol. The van der Waals surface area contributed by atoms with Gasteiger partial charge in [0.05, 0.1) is 0 Å². The van der Waals surface area contributed by atoms with Gasteiger partial charge in [0.15, 0.2) is 0 Å². The van der Waals surface area contributed by atoms with Crippen LogP contribution in [0.25, 0.3) is 0 Å². The zero-order chi connectivity index (χ0) is 26.2. The Morgan fingerprint density at radius 1 is 0.829 bits per heavy atom. The van der Waals surface area contributed by atoms with Crippen molar-refractivity contribution in [2.24, 2.45) is 11.8 Å². The Bertz CT molecular complexity index is 804. The number of alkyl carbamates (subject to hydrolysis) is 1. The zero-order valence-corrected chi connectivity index (χ0v) is 21.1. The van der Waals surface area contributed by atoms with Crippen molar-refractivity contribution in [3.63, 3.8) is 0 Å². The molecule has 4 unspecified atom stereocenters. The lowest BCUT2D eigenvalue weighted by Crippen LogP contribution is -2.50. The number of rotatable bonds is 15. The van der Waals surface area contributed by atoms with Crippen molar-refractivity contribution in [1.82, 2.24) is 21.3 Å². The smallest absolute Gasteiger partial charge is 0.408 e. The van der Waals surface area contributed by atoms with Crippen LogP contribution in [0.5, 0.6) is 0 Å². The van der Waals surface area contributed by atoms with Crippen molar-refractivity contribution in [2.45, 2.75) is 72.1 Å². The Hall–Kier alpha value is -3.30. The Labute approximate surface area is 207 Å². The van der Waals surface area contributed by atoms with Gasteiger partial charge in [-0.1, -0.05) is 70.9 Å². The van der Waals surface area contributed by atoms with Gasteiger partial charge in [0, 0.05) is 13.1 Å². The first-order valence-electron chi connectivity index (χ1n) is 12.2. The minimum atomic E-state index is -1.23. The minimum Gasteiger partial charge on any atom is -0.465 e. The Morgan fingerprint density at radius 3 is 1.77 bits per heavy atom. The van der Waals surface area contributed by atoms with Crippen molar-refractivity contribution in [2.75, 3.05) is 13.1 Å². The molecule has 0 saturated heterocycles. The van der Waals surface area contributed by atoms with Crippen molar-refractivity contribution in [3.8, 4) is 0 Å². The monoisotopic (exact) mass is 492 g/mol. The van der Waals surface area contributed by atoms with E-state index in [1.54, 1.807) is 0 Å². The van der Waals surface area contributed by atoms with Gasteiger partial charge in [-0.2, -0.15) is 0 Å². The fourth-order valence-electron chi connectivity index (χ4n) is 3.32. The SMILES string of the molecule is CCC(C)C(NC(=O)O)C(=O)NCCCCNC(=O)C(NC(=O)OCc1ccccc1)C(C)CC. The molecule has 4 atom stereocenters. The van der Waals surface area contributed by atoms with Crippen LogP contribution in [-0.4, -0.2) is 54.3 Å². The molecule has 10 heteroatoms. The lowest BCUT2D eigenvalue weighted by atomic mass is 9.98. The fraction of sp³-hybridized carbons (Fsp3) is 0.600. The molecule has 0 saturated carbocycles. The number of nitrogens with one attached hydrogen (secondary N) is 4. The highest BCUT2D eigenvalue weighted by molar-refractivity contribution is 5.86. The van der Waals surface area contributed by atoms with Crippen LogP contribution in [0.2, 0.25) is 0 Å². The molecule has 0 radical (unpaired) electrons. The van der Waals surface area contributed by atoms with Gasteiger partial charge in [0.2, 0.25) is 11.8 Å². The third kappa shape index (κ3) is 11.6. The summed E-state index contributed by atoms with van der Waals surface area (Å²) < 4.78 is 5.24. The molecular weight excluding hydrogens is 452 g/mol. The van der Waals surface area contributed by atoms with Crippen LogP contribution in [0.15, 0.2) is 30.3 Å². The summed E-state index contributed by atoms with van der Waals surface area (Å²) in [7, 11) is 0. The van der Waals surface area contributed by atoms with Gasteiger partial charge in [0.1, 0.15) is 18.7 Å². The van der Waals surface area contributed by atoms with E-state index in [4.69, 9.17) is 9.84 Å². The van der Waals surface area contributed by atoms with Gasteiger partial charge >= 0.3 is 12.2 Å². The summed E-state index contributed by atoms with van der Waals surface area (Å²) in [5.74, 6) is -0.865. The van der Waals surface area contributed by atoms with Crippen LogP contribution in [0.4, 0.5) is 9.59 Å². The number of carbonyl (C=O) groups excluding carboxylic acids is 3. The molecule has 10 nitrogen and oxygen atoms in total. The molecule has 0 aromatic heterocycles. The highest BCUT2D eigenvalue weighted by Gasteiger charge is 2.27. The van der Waals surface area contributed by atoms with Crippen LogP contribution in [-0.2, 0) is 20.9 Å². The summed E-state index contributed by atoms with van der Waals surface area (Å²) in [4.78, 5) is 48.2. The molecule has 0 aliphatic heterocycles. The minimum absolute atomic E-state index is 0.0854. The summed E-state index contributed by atoms with van der Waals surface area (Å²) >= 11 is 0. The molecule has 0 heterocycles. The van der Waals surface area contributed by atoms with E-state index >= 15 is 0 Å². The maximum Gasteiger partial charge on any atom is 0.408 e. The van der Waals surface area contributed by atoms with E-state index in [-0.39, 0.29) is 30.3 Å². The average Bonchev–Trinajstić information content (AvgIpc) is 2.85. The number of hydrogen-bond acceptors (Lipinski definition) is 5. The van der Waals surface area contributed by atoms with E-state index in [0.29, 0.717) is 38.8 Å². The van der Waals surface area contributed by atoms with E-state index in [1.807, 2.05) is 58.0 Å². The fourth-order valence-corrected chi connectivity index (χ4v) is 3.32. The molecule has 1 aromatic carbocycles. The Morgan fingerprint density at radius 2 is 1.31 bits per heavy atom. The number of amides is 4. The normalized spacial score (nSPS) is 14.1. The summed E-state index contributed by atoms with van der Waals surface area (Å²) in [5, 5.41) is 19.4. The van der Waals surface area contributed by atoms with Crippen LogP contribution in [0.1, 0.15) is 58.9 Å². The number of carboxylic acid groups (broad SMARTS) is 1. The second-order valence-electron chi connectivity index (χ2n) is 8.67. The van der Waals surface area contributed by atoms with Crippen LogP contribution in [0, 0.1) is 11.8 Å². The summed E-state index contributed by atoms with van der Waals surface area (Å²) in [6.45, 7) is 8.39. The molecule has 0 fully saturated rings. The standard InChI is InChI=1S/C25H40N4O6/c1-5-17(3)20(28-24(32)33)22(30)26-14-10-11-15-27-23(31)21(18(4)6-2)29-25(34)35-16-19-12-8-7-9-13-19/h7-9,12-13,17-18,20-21,28H,5-6,10-11,14-16H2,1-4H3,(H,26,30)(H,27,31)(H,29,34)(H,32,33). The third-order valence-electron chi connectivity index (χ3n) is 5.96. The van der Waals surface area contributed by atoms with Gasteiger partial charge in [-0.3, -0.25) is 9.59 Å². The van der Waals surface area contributed by atoms with E-state index in [0.717, 1.165) is 5.56 Å². The molecule has 0 bridgehead atoms. The first-order valence-corrected chi connectivity index (χ1v) is 12.2. The lowest BCUT2D eigenvalue weighted by molar-refractivity contribution is -0.125. The Kier molecular flexibility index (Phi) is 13.9. The van der Waals surface area contributed by atoms with Crippen molar-refractivity contribution in [1.29, 1.82) is 0 Å². The number of carbonyl (C=O) groups is 4. The van der Waals surface area contributed by atoms with Crippen molar-refractivity contribution < 1.29 is 29.0 Å². The van der Waals surface area contributed by atoms with Gasteiger partial charge in [-0.05, 0) is 30.2 Å². The van der Waals surface area contributed by atoms with Gasteiger partial charge < -0.3 is 31.1 Å². The predicted octanol–water partition coefficient (Wildman–Crippen LogP) is 3.02. The second-order valence-corrected chi connectivity index (χ2v) is 8.67. The topological polar surface area (TPSA) is 146 Å². The van der Waals surface area contributed by atoms with E-state index < -0.39 is 24.3 Å². The quantitative estimate of drug-likeness (QED) is 0.238. The van der Waals surface area contributed by atoms with E-state index in [2.05, 4.69) is 21.3 Å². The van der Waals surface area contributed by atoms with Crippen LogP contribution < -0.4 is 21.3 Å². The van der Waals surface area contributed by atoms with Crippen molar-refractivity contribution in [3.05, 3.63) is 35.9 Å². The number of benzene rings is 1. The Balaban J connectivity index is 2.41. The molecule has 196 valence electrons. The second kappa shape index (κ2) is 16.3. The van der Waals surface area contributed by atoms with Gasteiger partial charge in [-0.15, -0.1) is 0 Å². The molecule has 0 spiro atoms. The number of hydrogen-bond donors (Lipinski definition) is 5. The molecule has 0 aliphatic carbocycles. The van der Waals surface area contributed by atoms with Crippen LogP contribution in [0.3, 0.4) is 0 Å². The summed E-state index contributed by atoms with van der Waals surface area (Å²) in [6, 6.07) is 7.76. The van der Waals surface area contributed by atoms with Crippen molar-refractivity contribution >= 4 is 24.0 Å². The highest BCUT2D eigenvalue weighted by atomic mass is 16.5. The largest absolute Gasteiger partial charge is 0.465 e. The van der Waals surface area contributed by atoms with Crippen LogP contribution >= 0.6 is 0 Å². The molecular formula is C25H40N4O6. The summed E-state index contributed by atoms with van der Waals surface area (Å²) in [6.07, 6.45) is 0.690. The zero-order valence-electron chi connectivity index (χ0n) is 21.1. The van der Waals surface area contributed by atoms with E-state index in [1.165, 1.54) is 0 Å². The summed E-state index contributed by atoms with van der Waals surface area (Å²) in [5.41, 5.74) is 0.855. The molecule has 0 aliphatic rings. The number of unbranched alkanes of at least 4 members (excludes halogenated alkanes) is 1.